The Balaban J connectivity index is 1.54. The number of thioether (sulfide) groups is 1. The Labute approximate surface area is 185 Å². The molecule has 1 aliphatic rings. The Morgan fingerprint density at radius 3 is 2.65 bits per heavy atom. The number of nitrogens with zero attached hydrogens (tertiary/aromatic N) is 4. The highest BCUT2D eigenvalue weighted by atomic mass is 32.2. The third-order valence-corrected chi connectivity index (χ3v) is 6.19. The number of amides is 1. The molecule has 0 aliphatic carbocycles. The summed E-state index contributed by atoms with van der Waals surface area (Å²) < 4.78 is 21.2. The summed E-state index contributed by atoms with van der Waals surface area (Å²) in [4.78, 5) is 14.7. The summed E-state index contributed by atoms with van der Waals surface area (Å²) in [7, 11) is 0. The first-order valence-corrected chi connectivity index (χ1v) is 11.4. The van der Waals surface area contributed by atoms with Gasteiger partial charge in [-0.05, 0) is 56.2 Å². The molecule has 1 saturated heterocycles. The van der Waals surface area contributed by atoms with Crippen LogP contribution in [0.25, 0.3) is 11.4 Å². The van der Waals surface area contributed by atoms with Crippen LogP contribution in [0.15, 0.2) is 59.8 Å². The molecule has 31 heavy (non-hydrogen) atoms. The Bertz CT molecular complexity index is 1000. The van der Waals surface area contributed by atoms with Gasteiger partial charge in [-0.2, -0.15) is 0 Å². The first kappa shape index (κ1) is 21.5. The fraction of sp³-hybridized carbons (Fsp3) is 0.348. The largest absolute Gasteiger partial charge is 0.376 e. The number of hydrogen-bond donors (Lipinski definition) is 0. The second kappa shape index (κ2) is 10.1. The molecular weight excluding hydrogens is 415 g/mol. The number of halogens is 1. The van der Waals surface area contributed by atoms with Gasteiger partial charge in [0, 0.05) is 24.4 Å². The summed E-state index contributed by atoms with van der Waals surface area (Å²) in [6.45, 7) is 3.91. The molecule has 3 aromatic rings. The normalized spacial score (nSPS) is 15.9. The molecule has 2 heterocycles. The number of hydrogen-bond acceptors (Lipinski definition) is 5. The highest BCUT2D eigenvalue weighted by molar-refractivity contribution is 7.99. The van der Waals surface area contributed by atoms with E-state index in [1.807, 2.05) is 41.8 Å². The van der Waals surface area contributed by atoms with Crippen LogP contribution in [-0.2, 0) is 16.1 Å². The predicted octanol–water partition coefficient (Wildman–Crippen LogP) is 4.41. The first-order chi connectivity index (χ1) is 15.2. The van der Waals surface area contributed by atoms with Crippen LogP contribution in [0.2, 0.25) is 0 Å². The smallest absolute Gasteiger partial charge is 0.237 e. The van der Waals surface area contributed by atoms with Crippen molar-refractivity contribution in [2.24, 2.45) is 0 Å². The number of aromatic nitrogens is 3. The average molecular weight is 441 g/mol. The third-order valence-electron chi connectivity index (χ3n) is 5.24. The molecule has 0 spiro atoms. The predicted molar refractivity (Wildman–Crippen MR) is 120 cm³/mol. The number of ether oxygens (including phenoxy) is 1. The lowest BCUT2D eigenvalue weighted by Gasteiger charge is -2.21. The molecule has 162 valence electrons. The fourth-order valence-corrected chi connectivity index (χ4v) is 4.50. The summed E-state index contributed by atoms with van der Waals surface area (Å²) >= 11 is 1.36. The summed E-state index contributed by atoms with van der Waals surface area (Å²) in [5.74, 6) is 0.611. The van der Waals surface area contributed by atoms with Crippen molar-refractivity contribution in [3.63, 3.8) is 0 Å². The molecule has 1 amide bonds. The van der Waals surface area contributed by atoms with Crippen molar-refractivity contribution >= 4 is 23.4 Å². The molecule has 0 N–H and O–H groups in total. The van der Waals surface area contributed by atoms with Crippen LogP contribution in [0.4, 0.5) is 10.1 Å². The topological polar surface area (TPSA) is 60.2 Å². The van der Waals surface area contributed by atoms with Crippen molar-refractivity contribution in [3.05, 3.63) is 60.4 Å². The van der Waals surface area contributed by atoms with Gasteiger partial charge in [-0.25, -0.2) is 4.39 Å². The van der Waals surface area contributed by atoms with Crippen LogP contribution in [0.3, 0.4) is 0 Å². The van der Waals surface area contributed by atoms with E-state index in [0.29, 0.717) is 24.1 Å². The Morgan fingerprint density at radius 1 is 1.19 bits per heavy atom. The number of para-hydroxylation sites is 1. The lowest BCUT2D eigenvalue weighted by molar-refractivity contribution is -0.116. The molecule has 0 bridgehead atoms. The van der Waals surface area contributed by atoms with E-state index in [2.05, 4.69) is 10.2 Å². The van der Waals surface area contributed by atoms with E-state index in [-0.39, 0.29) is 23.6 Å². The van der Waals surface area contributed by atoms with Crippen LogP contribution in [0, 0.1) is 5.82 Å². The van der Waals surface area contributed by atoms with Gasteiger partial charge in [0.2, 0.25) is 5.91 Å². The van der Waals surface area contributed by atoms with Gasteiger partial charge in [0.05, 0.1) is 18.4 Å². The van der Waals surface area contributed by atoms with Crippen LogP contribution < -0.4 is 4.90 Å². The second-order valence-electron chi connectivity index (χ2n) is 7.32. The number of carbonyl (C=O) groups excluding carboxylic acids is 1. The zero-order valence-corrected chi connectivity index (χ0v) is 18.2. The van der Waals surface area contributed by atoms with Gasteiger partial charge in [-0.1, -0.05) is 30.0 Å². The zero-order chi connectivity index (χ0) is 21.6. The van der Waals surface area contributed by atoms with Gasteiger partial charge in [0.1, 0.15) is 5.82 Å². The number of carbonyl (C=O) groups is 1. The van der Waals surface area contributed by atoms with Crippen LogP contribution >= 0.6 is 11.8 Å². The first-order valence-electron chi connectivity index (χ1n) is 10.4. The Hall–Kier alpha value is -2.71. The molecule has 4 rings (SSSR count). The van der Waals surface area contributed by atoms with Crippen LogP contribution in [0.5, 0.6) is 0 Å². The zero-order valence-electron chi connectivity index (χ0n) is 17.4. The minimum Gasteiger partial charge on any atom is -0.376 e. The number of anilines is 1. The molecule has 1 unspecified atom stereocenters. The van der Waals surface area contributed by atoms with Crippen molar-refractivity contribution in [2.45, 2.75) is 37.6 Å². The number of benzene rings is 2. The molecule has 1 aromatic heterocycles. The molecule has 0 radical (unpaired) electrons. The van der Waals surface area contributed by atoms with Crippen molar-refractivity contribution < 1.29 is 13.9 Å². The highest BCUT2D eigenvalue weighted by Gasteiger charge is 2.23. The quantitative estimate of drug-likeness (QED) is 0.486. The summed E-state index contributed by atoms with van der Waals surface area (Å²) in [6, 6.07) is 15.8. The molecule has 1 aliphatic heterocycles. The van der Waals surface area contributed by atoms with Crippen molar-refractivity contribution in [1.82, 2.24) is 14.8 Å². The standard InChI is InChI=1S/C23H25FN4O2S/c1-2-27(19-7-4-3-5-8-19)21(29)16-31-23-26-25-22(17-10-12-18(24)13-11-17)28(23)15-20-9-6-14-30-20/h3-5,7-8,10-13,20H,2,6,9,14-16H2,1H3. The van der Waals surface area contributed by atoms with Gasteiger partial charge < -0.3 is 9.64 Å². The molecule has 6 nitrogen and oxygen atoms in total. The van der Waals surface area contributed by atoms with E-state index in [1.54, 1.807) is 17.0 Å². The van der Waals surface area contributed by atoms with Gasteiger partial charge >= 0.3 is 0 Å². The Kier molecular flexibility index (Phi) is 6.99. The third kappa shape index (κ3) is 5.14. The molecule has 1 fully saturated rings. The van der Waals surface area contributed by atoms with Gasteiger partial charge in [-0.15, -0.1) is 10.2 Å². The monoisotopic (exact) mass is 440 g/mol. The summed E-state index contributed by atoms with van der Waals surface area (Å²) in [6.07, 6.45) is 2.09. The molecule has 0 saturated carbocycles. The van der Waals surface area contributed by atoms with Crippen molar-refractivity contribution in [2.75, 3.05) is 23.8 Å². The van der Waals surface area contributed by atoms with Crippen LogP contribution in [0.1, 0.15) is 19.8 Å². The maximum atomic E-state index is 13.4. The van der Waals surface area contributed by atoms with Crippen LogP contribution in [-0.4, -0.2) is 45.7 Å². The molecule has 1 atom stereocenters. The maximum absolute atomic E-state index is 13.4. The minimum atomic E-state index is -0.297. The van der Waals surface area contributed by atoms with E-state index >= 15 is 0 Å². The average Bonchev–Trinajstić information content (AvgIpc) is 3.45. The lowest BCUT2D eigenvalue weighted by atomic mass is 10.2. The van der Waals surface area contributed by atoms with Gasteiger partial charge in [0.25, 0.3) is 0 Å². The van der Waals surface area contributed by atoms with Crippen molar-refractivity contribution in [1.29, 1.82) is 0 Å². The lowest BCUT2D eigenvalue weighted by Crippen LogP contribution is -2.32. The Morgan fingerprint density at radius 2 is 1.97 bits per heavy atom. The SMILES string of the molecule is CCN(C(=O)CSc1nnc(-c2ccc(F)cc2)n1CC1CCCO1)c1ccccc1. The van der Waals surface area contributed by atoms with Gasteiger partial charge in [-0.3, -0.25) is 9.36 Å². The summed E-state index contributed by atoms with van der Waals surface area (Å²) in [5.41, 5.74) is 1.66. The maximum Gasteiger partial charge on any atom is 0.237 e. The van der Waals surface area contributed by atoms with E-state index < -0.39 is 0 Å². The van der Waals surface area contributed by atoms with Crippen molar-refractivity contribution in [3.8, 4) is 11.4 Å². The molecular formula is C23H25FN4O2S. The molecule has 8 heteroatoms. The van der Waals surface area contributed by atoms with E-state index in [4.69, 9.17) is 4.74 Å². The second-order valence-corrected chi connectivity index (χ2v) is 8.26. The van der Waals surface area contributed by atoms with E-state index in [9.17, 15) is 9.18 Å². The fourth-order valence-electron chi connectivity index (χ4n) is 3.68. The van der Waals surface area contributed by atoms with Gasteiger partial charge in [0.15, 0.2) is 11.0 Å². The minimum absolute atomic E-state index is 0.00805. The van der Waals surface area contributed by atoms with E-state index in [0.717, 1.165) is 30.7 Å². The summed E-state index contributed by atoms with van der Waals surface area (Å²) in [5, 5.41) is 9.35. The molecule has 2 aromatic carbocycles. The number of rotatable bonds is 8. The highest BCUT2D eigenvalue weighted by Crippen LogP contribution is 2.27. The van der Waals surface area contributed by atoms with E-state index in [1.165, 1.54) is 23.9 Å².